The van der Waals surface area contributed by atoms with Crippen LogP contribution in [0.4, 0.5) is 14.4 Å². The van der Waals surface area contributed by atoms with Crippen LogP contribution in [0.25, 0.3) is 0 Å². The molecule has 0 spiro atoms. The summed E-state index contributed by atoms with van der Waals surface area (Å²) in [7, 11) is 2.16. The summed E-state index contributed by atoms with van der Waals surface area (Å²) >= 11 is 0. The predicted molar refractivity (Wildman–Crippen MR) is 112 cm³/mol. The van der Waals surface area contributed by atoms with Gasteiger partial charge in [-0.05, 0) is 44.4 Å². The maximum Gasteiger partial charge on any atom is 0.513 e. The SMILES string of the molecule is COC(=O)Oc1ccc(C(C(C)COC(=O)OC(C)(C)C)[C@H](N)C(=O)O)cc1OC(=O)OC. The van der Waals surface area contributed by atoms with Crippen molar-refractivity contribution in [3.63, 3.8) is 0 Å². The van der Waals surface area contributed by atoms with Gasteiger partial charge in [0.2, 0.25) is 0 Å². The summed E-state index contributed by atoms with van der Waals surface area (Å²) in [5.74, 6) is -3.25. The fourth-order valence-electron chi connectivity index (χ4n) is 2.79. The van der Waals surface area contributed by atoms with Crippen LogP contribution < -0.4 is 15.2 Å². The first-order valence-corrected chi connectivity index (χ1v) is 9.78. The van der Waals surface area contributed by atoms with Gasteiger partial charge in [-0.1, -0.05) is 13.0 Å². The Morgan fingerprint density at radius 1 is 0.970 bits per heavy atom. The zero-order chi connectivity index (χ0) is 25.3. The summed E-state index contributed by atoms with van der Waals surface area (Å²) in [6.45, 7) is 6.41. The van der Waals surface area contributed by atoms with Crippen LogP contribution in [0.1, 0.15) is 39.2 Å². The lowest BCUT2D eigenvalue weighted by Crippen LogP contribution is -2.41. The molecule has 3 atom stereocenters. The van der Waals surface area contributed by atoms with Gasteiger partial charge in [0.15, 0.2) is 11.5 Å². The standard InChI is InChI=1S/C21H29NO11/c1-11(10-30-20(27)33-21(2,3)4)15(16(22)17(23)24)12-7-8-13(31-18(25)28-5)14(9-12)32-19(26)29-6/h7-9,11,15-16H,10,22H2,1-6H3,(H,23,24)/t11?,15?,16-/m0/s1. The van der Waals surface area contributed by atoms with Gasteiger partial charge >= 0.3 is 24.4 Å². The molecule has 0 bridgehead atoms. The molecule has 0 saturated heterocycles. The second kappa shape index (κ2) is 11.9. The van der Waals surface area contributed by atoms with E-state index in [1.807, 2.05) is 0 Å². The number of carbonyl (C=O) groups excluding carboxylic acids is 3. The lowest BCUT2D eigenvalue weighted by atomic mass is 9.82. The highest BCUT2D eigenvalue weighted by atomic mass is 16.7. The average Bonchev–Trinajstić information content (AvgIpc) is 2.72. The molecule has 0 aromatic heterocycles. The van der Waals surface area contributed by atoms with Gasteiger partial charge in [0.1, 0.15) is 11.6 Å². The Morgan fingerprint density at radius 2 is 1.52 bits per heavy atom. The van der Waals surface area contributed by atoms with E-state index in [2.05, 4.69) is 9.47 Å². The number of ether oxygens (including phenoxy) is 6. The number of rotatable bonds is 8. The zero-order valence-corrected chi connectivity index (χ0v) is 19.3. The molecular formula is C21H29NO11. The van der Waals surface area contributed by atoms with Crippen LogP contribution in [0.3, 0.4) is 0 Å². The molecule has 1 aromatic carbocycles. The highest BCUT2D eigenvalue weighted by molar-refractivity contribution is 5.75. The monoisotopic (exact) mass is 471 g/mol. The van der Waals surface area contributed by atoms with Gasteiger partial charge in [0.05, 0.1) is 20.8 Å². The summed E-state index contributed by atoms with van der Waals surface area (Å²) in [6, 6.07) is 2.56. The Morgan fingerprint density at radius 3 is 2.00 bits per heavy atom. The number of carbonyl (C=O) groups is 4. The van der Waals surface area contributed by atoms with E-state index in [0.717, 1.165) is 14.2 Å². The minimum atomic E-state index is -1.42. The third-order valence-electron chi connectivity index (χ3n) is 4.21. The lowest BCUT2D eigenvalue weighted by molar-refractivity contribution is -0.139. The highest BCUT2D eigenvalue weighted by Crippen LogP contribution is 2.36. The van der Waals surface area contributed by atoms with Gasteiger partial charge in [-0.15, -0.1) is 0 Å². The molecule has 2 unspecified atom stereocenters. The molecule has 1 aromatic rings. The van der Waals surface area contributed by atoms with Crippen molar-refractivity contribution in [2.45, 2.75) is 45.3 Å². The normalized spacial score (nSPS) is 13.7. The number of aliphatic carboxylic acids is 1. The van der Waals surface area contributed by atoms with E-state index >= 15 is 0 Å². The van der Waals surface area contributed by atoms with E-state index in [4.69, 9.17) is 24.7 Å². The van der Waals surface area contributed by atoms with Gasteiger partial charge in [-0.2, -0.15) is 0 Å². The fraction of sp³-hybridized carbons (Fsp3) is 0.524. The number of benzene rings is 1. The zero-order valence-electron chi connectivity index (χ0n) is 19.3. The number of carboxylic acid groups (broad SMARTS) is 1. The Bertz CT molecular complexity index is 862. The van der Waals surface area contributed by atoms with E-state index < -0.39 is 47.9 Å². The molecule has 0 radical (unpaired) electrons. The van der Waals surface area contributed by atoms with Crippen molar-refractivity contribution in [1.29, 1.82) is 0 Å². The van der Waals surface area contributed by atoms with Crippen LogP contribution in [0.2, 0.25) is 0 Å². The maximum absolute atomic E-state index is 11.9. The van der Waals surface area contributed by atoms with Crippen molar-refractivity contribution in [2.24, 2.45) is 11.7 Å². The lowest BCUT2D eigenvalue weighted by Gasteiger charge is -2.28. The van der Waals surface area contributed by atoms with Gasteiger partial charge < -0.3 is 39.3 Å². The van der Waals surface area contributed by atoms with Crippen molar-refractivity contribution < 1.29 is 52.7 Å². The highest BCUT2D eigenvalue weighted by Gasteiger charge is 2.33. The quantitative estimate of drug-likeness (QED) is 0.323. The summed E-state index contributed by atoms with van der Waals surface area (Å²) in [5.41, 5.74) is 5.45. The first-order valence-electron chi connectivity index (χ1n) is 9.78. The molecule has 0 saturated carbocycles. The molecule has 184 valence electrons. The van der Waals surface area contributed by atoms with Crippen molar-refractivity contribution >= 4 is 24.4 Å². The first kappa shape index (κ1) is 27.5. The number of carboxylic acids is 1. The molecule has 33 heavy (non-hydrogen) atoms. The van der Waals surface area contributed by atoms with Crippen LogP contribution >= 0.6 is 0 Å². The summed E-state index contributed by atoms with van der Waals surface area (Å²) < 4.78 is 29.0. The third kappa shape index (κ3) is 8.85. The second-order valence-electron chi connectivity index (χ2n) is 7.96. The number of nitrogens with two attached hydrogens (primary N) is 1. The molecule has 0 fully saturated rings. The van der Waals surface area contributed by atoms with Crippen molar-refractivity contribution in [3.05, 3.63) is 23.8 Å². The fourth-order valence-corrected chi connectivity index (χ4v) is 2.79. The molecule has 1 rings (SSSR count). The molecule has 0 aliphatic heterocycles. The molecule has 0 amide bonds. The van der Waals surface area contributed by atoms with Crippen molar-refractivity contribution in [1.82, 2.24) is 0 Å². The van der Waals surface area contributed by atoms with Crippen LogP contribution in [-0.4, -0.2) is 62.0 Å². The van der Waals surface area contributed by atoms with E-state index in [9.17, 15) is 24.3 Å². The van der Waals surface area contributed by atoms with E-state index in [1.165, 1.54) is 18.2 Å². The predicted octanol–water partition coefficient (Wildman–Crippen LogP) is 3.06. The Labute approximate surface area is 190 Å². The molecule has 12 nitrogen and oxygen atoms in total. The third-order valence-corrected chi connectivity index (χ3v) is 4.21. The van der Waals surface area contributed by atoms with Crippen LogP contribution in [0, 0.1) is 5.92 Å². The van der Waals surface area contributed by atoms with Crippen LogP contribution in [-0.2, 0) is 23.7 Å². The number of hydrogen-bond donors (Lipinski definition) is 2. The minimum Gasteiger partial charge on any atom is -0.480 e. The Hall–Kier alpha value is -3.54. The molecular weight excluding hydrogens is 442 g/mol. The number of hydrogen-bond acceptors (Lipinski definition) is 11. The van der Waals surface area contributed by atoms with Crippen LogP contribution in [0.15, 0.2) is 18.2 Å². The van der Waals surface area contributed by atoms with Gasteiger partial charge in [-0.25, -0.2) is 14.4 Å². The van der Waals surface area contributed by atoms with E-state index in [0.29, 0.717) is 5.56 Å². The van der Waals surface area contributed by atoms with E-state index in [-0.39, 0.29) is 18.1 Å². The van der Waals surface area contributed by atoms with Crippen molar-refractivity contribution in [2.75, 3.05) is 20.8 Å². The largest absolute Gasteiger partial charge is 0.513 e. The maximum atomic E-state index is 11.9. The molecule has 0 heterocycles. The molecule has 0 aliphatic carbocycles. The molecule has 0 aliphatic rings. The Balaban J connectivity index is 3.27. The topological polar surface area (TPSA) is 170 Å². The van der Waals surface area contributed by atoms with E-state index in [1.54, 1.807) is 27.7 Å². The first-order chi connectivity index (χ1) is 15.3. The summed E-state index contributed by atoms with van der Waals surface area (Å²) in [4.78, 5) is 46.7. The van der Waals surface area contributed by atoms with Gasteiger partial charge in [0, 0.05) is 5.92 Å². The summed E-state index contributed by atoms with van der Waals surface area (Å²) in [5, 5.41) is 9.50. The summed E-state index contributed by atoms with van der Waals surface area (Å²) in [6.07, 6.45) is -3.11. The Kier molecular flexibility index (Phi) is 9.92. The second-order valence-corrected chi connectivity index (χ2v) is 7.96. The van der Waals surface area contributed by atoms with Gasteiger partial charge in [-0.3, -0.25) is 4.79 Å². The van der Waals surface area contributed by atoms with Gasteiger partial charge in [0.25, 0.3) is 0 Å². The van der Waals surface area contributed by atoms with Crippen LogP contribution in [0.5, 0.6) is 11.5 Å². The van der Waals surface area contributed by atoms with Crippen molar-refractivity contribution in [3.8, 4) is 11.5 Å². The minimum absolute atomic E-state index is 0.184. The average molecular weight is 471 g/mol. The molecule has 12 heteroatoms. The molecule has 3 N–H and O–H groups in total. The number of methoxy groups -OCH3 is 2. The smallest absolute Gasteiger partial charge is 0.480 e.